The molecule has 18 nitrogen and oxygen atoms in total. The average molecular weight is 1450 g/mol. The average Bonchev–Trinajstić information content (AvgIpc) is 1.63. The molecule has 504 valence electrons. The van der Waals surface area contributed by atoms with Crippen molar-refractivity contribution in [1.82, 2.24) is 58.4 Å². The Kier molecular flexibility index (Phi) is 19.3. The molecule has 0 aliphatic carbocycles. The maximum absolute atomic E-state index is 6.33. The molecule has 0 saturated carbocycles. The molecule has 4 aliphatic rings. The van der Waals surface area contributed by atoms with Crippen LogP contribution in [0.5, 0.6) is 0 Å². The maximum atomic E-state index is 6.33. The molecule has 0 bridgehead atoms. The number of piperidine rings is 1. The summed E-state index contributed by atoms with van der Waals surface area (Å²) in [5, 5.41) is 25.7. The van der Waals surface area contributed by atoms with Gasteiger partial charge in [-0.1, -0.05) is 226 Å². The van der Waals surface area contributed by atoms with E-state index in [1.807, 2.05) is 87.2 Å². The van der Waals surface area contributed by atoms with Crippen molar-refractivity contribution in [3.63, 3.8) is 0 Å². The van der Waals surface area contributed by atoms with E-state index >= 15 is 0 Å². The lowest BCUT2D eigenvalue weighted by molar-refractivity contribution is 0.238. The van der Waals surface area contributed by atoms with Gasteiger partial charge in [0.2, 0.25) is 40.4 Å². The van der Waals surface area contributed by atoms with Crippen LogP contribution in [0.25, 0.3) is 64.9 Å². The molecule has 4 N–H and O–H groups in total. The first kappa shape index (κ1) is 67.9. The SMILES string of the molecule is CCC1(C)CCN(c2nn3c(C)c(-c4ccccc4)nc3s2)C1.CCC1(C)CCN(c2nn3c(N)c(-c4cccc(Cl)c4Cl)nc3s2)CC1.Cc1c(-c2ccccc2Cl)nc2sc(N3CCC(C)(C)C3)nn12.Cc1c(-c2ccccc2Cl)nc2sc(N3CCC(C)(CN)C3)nn12. The molecule has 0 amide bonds. The maximum Gasteiger partial charge on any atom is 0.216 e. The quantitative estimate of drug-likeness (QED) is 0.125. The van der Waals surface area contributed by atoms with Crippen molar-refractivity contribution in [1.29, 1.82) is 0 Å². The molecule has 0 radical (unpaired) electrons. The van der Waals surface area contributed by atoms with Crippen LogP contribution in [0.15, 0.2) is 97.1 Å². The van der Waals surface area contributed by atoms with Crippen LogP contribution in [0, 0.1) is 42.4 Å². The van der Waals surface area contributed by atoms with Gasteiger partial charge >= 0.3 is 0 Å². The highest BCUT2D eigenvalue weighted by molar-refractivity contribution is 7.21. The Bertz CT molecular complexity index is 4760. The van der Waals surface area contributed by atoms with Gasteiger partial charge in [0.25, 0.3) is 0 Å². The fourth-order valence-electron chi connectivity index (χ4n) is 13.0. The number of aromatic nitrogens is 12. The highest BCUT2D eigenvalue weighted by Crippen LogP contribution is 2.44. The third-order valence-corrected chi connectivity index (χ3v) is 25.4. The van der Waals surface area contributed by atoms with Gasteiger partial charge in [0, 0.05) is 74.6 Å². The van der Waals surface area contributed by atoms with Crippen molar-refractivity contribution >= 4 is 138 Å². The second kappa shape index (κ2) is 27.3. The second-order valence-corrected chi connectivity index (χ2v) is 33.1. The van der Waals surface area contributed by atoms with Crippen LogP contribution >= 0.6 is 91.8 Å². The summed E-state index contributed by atoms with van der Waals surface area (Å²) in [6, 6.07) is 31.4. The molecule has 4 aliphatic heterocycles. The number of rotatable bonds is 11. The standard InChI is InChI=1S/C18H21Cl2N5S.C18H22N4S.C17H20ClN5S.C17H19ClN4S/c1-3-18(2)7-9-24(10-8-18)17-23-25-15(21)14(22-16(25)26-17)11-5-4-6-12(19)13(11)20;1-4-18(3)10-11-21(12-18)17-20-22-13(2)15(19-16(22)23-17)14-8-6-5-7-9-14;1-11-14(12-5-3-4-6-13(12)18)20-15-23(11)21-16(24-15)22-8-7-17(2,9-19)10-22;1-11-14(12-6-4-5-7-13(12)18)19-15-22(11)20-16(23-15)21-9-8-17(2,3)10-21/h4-6H,3,7-10,21H2,1-2H3;5-9H,4,10-12H2,1-3H3;3-6H,7-10,19H2,1-2H3;4-7H,8-10H2,1-3H3. The predicted molar refractivity (Wildman–Crippen MR) is 404 cm³/mol. The Morgan fingerprint density at radius 3 is 1.26 bits per heavy atom. The number of nitrogens with two attached hydrogens (primary N) is 2. The fraction of sp³-hybridized carbons (Fsp3) is 0.429. The third kappa shape index (κ3) is 13.6. The third-order valence-electron chi connectivity index (χ3n) is 20.0. The number of aryl methyl sites for hydroxylation is 3. The van der Waals surface area contributed by atoms with Crippen molar-refractivity contribution in [2.24, 2.45) is 27.4 Å². The van der Waals surface area contributed by atoms with Gasteiger partial charge < -0.3 is 31.1 Å². The van der Waals surface area contributed by atoms with Crippen LogP contribution in [-0.2, 0) is 0 Å². The van der Waals surface area contributed by atoms with E-state index < -0.39 is 0 Å². The minimum atomic E-state index is 0.186. The van der Waals surface area contributed by atoms with Gasteiger partial charge in [0.15, 0.2) is 5.82 Å². The predicted octanol–water partition coefficient (Wildman–Crippen LogP) is 18.0. The van der Waals surface area contributed by atoms with E-state index in [4.69, 9.17) is 93.2 Å². The van der Waals surface area contributed by atoms with Crippen molar-refractivity contribution in [2.75, 3.05) is 84.2 Å². The zero-order valence-electron chi connectivity index (χ0n) is 56.0. The summed E-state index contributed by atoms with van der Waals surface area (Å²) < 4.78 is 7.59. The zero-order valence-corrected chi connectivity index (χ0v) is 62.3. The molecule has 4 fully saturated rings. The minimum Gasteiger partial charge on any atom is -0.382 e. The van der Waals surface area contributed by atoms with Crippen LogP contribution in [-0.4, -0.2) is 117 Å². The van der Waals surface area contributed by atoms with Crippen molar-refractivity contribution in [3.05, 3.63) is 134 Å². The molecule has 96 heavy (non-hydrogen) atoms. The fourth-order valence-corrected chi connectivity index (χ4v) is 17.8. The number of fused-ring (bicyclic) bond motifs is 4. The van der Waals surface area contributed by atoms with E-state index in [-0.39, 0.29) is 5.41 Å². The van der Waals surface area contributed by atoms with Crippen LogP contribution in [0.4, 0.5) is 26.3 Å². The van der Waals surface area contributed by atoms with E-state index in [9.17, 15) is 0 Å². The summed E-state index contributed by atoms with van der Waals surface area (Å²) in [6.07, 6.45) is 8.38. The normalized spacial score (nSPS) is 19.2. The highest BCUT2D eigenvalue weighted by atomic mass is 35.5. The topological polar surface area (TPSA) is 186 Å². The van der Waals surface area contributed by atoms with Gasteiger partial charge in [-0.3, -0.25) is 0 Å². The van der Waals surface area contributed by atoms with E-state index in [2.05, 4.69) is 111 Å². The van der Waals surface area contributed by atoms with E-state index in [1.54, 1.807) is 55.9 Å². The summed E-state index contributed by atoms with van der Waals surface area (Å²) in [5.41, 5.74) is 24.1. The minimum absolute atomic E-state index is 0.186. The molecule has 8 aromatic heterocycles. The number of benzene rings is 4. The van der Waals surface area contributed by atoms with E-state index in [0.29, 0.717) is 49.4 Å². The first-order valence-electron chi connectivity index (χ1n) is 32.9. The summed E-state index contributed by atoms with van der Waals surface area (Å²) in [5.74, 6) is 0.488. The lowest BCUT2D eigenvalue weighted by Gasteiger charge is -2.38. The van der Waals surface area contributed by atoms with Crippen molar-refractivity contribution in [2.45, 2.75) is 114 Å². The number of halogens is 4. The van der Waals surface area contributed by atoms with Gasteiger partial charge in [-0.25, -0.2) is 33.5 Å². The summed E-state index contributed by atoms with van der Waals surface area (Å²) in [6.45, 7) is 31.4. The van der Waals surface area contributed by atoms with Crippen LogP contribution in [0.2, 0.25) is 20.1 Å². The van der Waals surface area contributed by atoms with Crippen molar-refractivity contribution in [3.8, 4) is 45.0 Å². The molecule has 16 rings (SSSR count). The Balaban J connectivity index is 0.000000116. The van der Waals surface area contributed by atoms with Crippen LogP contribution in [0.3, 0.4) is 0 Å². The Morgan fingerprint density at radius 2 is 0.802 bits per heavy atom. The van der Waals surface area contributed by atoms with Crippen LogP contribution < -0.4 is 31.1 Å². The highest BCUT2D eigenvalue weighted by Gasteiger charge is 2.37. The Hall–Kier alpha value is -6.60. The number of nitrogens with zero attached hydrogens (tertiary/aromatic N) is 16. The van der Waals surface area contributed by atoms with E-state index in [0.717, 1.165) is 161 Å². The molecule has 12 heterocycles. The monoisotopic (exact) mass is 1440 g/mol. The largest absolute Gasteiger partial charge is 0.382 e. The number of imidazole rings is 4. The Labute approximate surface area is 596 Å². The molecular formula is C70H82Cl4N18S4. The summed E-state index contributed by atoms with van der Waals surface area (Å²) in [7, 11) is 0. The van der Waals surface area contributed by atoms with Gasteiger partial charge in [-0.15, -0.1) is 20.4 Å². The molecule has 12 aromatic rings. The number of hydrogen-bond acceptors (Lipinski definition) is 18. The molecule has 4 saturated heterocycles. The molecule has 2 atom stereocenters. The van der Waals surface area contributed by atoms with Gasteiger partial charge in [0.05, 0.1) is 54.3 Å². The summed E-state index contributed by atoms with van der Waals surface area (Å²) in [4.78, 5) is 32.1. The smallest absolute Gasteiger partial charge is 0.216 e. The lowest BCUT2D eigenvalue weighted by Crippen LogP contribution is -2.38. The van der Waals surface area contributed by atoms with Gasteiger partial charge in [-0.05, 0) is 106 Å². The number of hydrogen-bond donors (Lipinski definition) is 2. The zero-order chi connectivity index (χ0) is 67.6. The molecule has 26 heteroatoms. The number of anilines is 5. The lowest BCUT2D eigenvalue weighted by atomic mass is 9.78. The Morgan fingerprint density at radius 1 is 0.417 bits per heavy atom. The molecule has 4 aromatic carbocycles. The number of nitrogen functional groups attached to an aromatic ring is 1. The first-order chi connectivity index (χ1) is 46.0. The first-order valence-corrected chi connectivity index (χ1v) is 37.7. The van der Waals surface area contributed by atoms with Gasteiger partial charge in [0.1, 0.15) is 5.69 Å². The second-order valence-electron chi connectivity index (χ2n) is 27.7. The van der Waals surface area contributed by atoms with Crippen LogP contribution in [0.1, 0.15) is 110 Å². The molecule has 0 spiro atoms. The summed E-state index contributed by atoms with van der Waals surface area (Å²) >= 11 is 31.6. The van der Waals surface area contributed by atoms with E-state index in [1.165, 1.54) is 38.5 Å². The van der Waals surface area contributed by atoms with Crippen molar-refractivity contribution < 1.29 is 0 Å². The molecular weight excluding hydrogens is 1360 g/mol. The van der Waals surface area contributed by atoms with Gasteiger partial charge in [-0.2, -0.15) is 4.52 Å². The molecule has 2 unspecified atom stereocenters.